The summed E-state index contributed by atoms with van der Waals surface area (Å²) in [4.78, 5) is 8.90. The van der Waals surface area contributed by atoms with Crippen molar-refractivity contribution in [1.82, 2.24) is 9.97 Å². The summed E-state index contributed by atoms with van der Waals surface area (Å²) in [5.74, 6) is 0.698. The van der Waals surface area contributed by atoms with Gasteiger partial charge in [0.1, 0.15) is 0 Å². The van der Waals surface area contributed by atoms with Crippen LogP contribution in [0.4, 0.5) is 5.95 Å². The highest BCUT2D eigenvalue weighted by molar-refractivity contribution is 5.64. The molecule has 0 aliphatic carbocycles. The first-order valence-corrected chi connectivity index (χ1v) is 6.91. The summed E-state index contributed by atoms with van der Waals surface area (Å²) in [6.45, 7) is 7.13. The zero-order chi connectivity index (χ0) is 13.7. The maximum atomic E-state index is 4.61. The third kappa shape index (κ3) is 3.31. The van der Waals surface area contributed by atoms with Gasteiger partial charge in [0.15, 0.2) is 0 Å². The molecule has 0 bridgehead atoms. The van der Waals surface area contributed by atoms with Crippen molar-refractivity contribution in [2.24, 2.45) is 0 Å². The second-order valence-corrected chi connectivity index (χ2v) is 4.71. The van der Waals surface area contributed by atoms with E-state index in [-0.39, 0.29) is 0 Å². The molecule has 0 unspecified atom stereocenters. The minimum atomic E-state index is 0.698. The van der Waals surface area contributed by atoms with E-state index in [0.29, 0.717) is 5.95 Å². The highest BCUT2D eigenvalue weighted by Crippen LogP contribution is 2.23. The van der Waals surface area contributed by atoms with Crippen molar-refractivity contribution >= 4 is 5.95 Å². The third-order valence-corrected chi connectivity index (χ3v) is 3.05. The molecule has 2 aromatic rings. The van der Waals surface area contributed by atoms with Crippen LogP contribution in [0, 0.1) is 6.92 Å². The van der Waals surface area contributed by atoms with E-state index in [0.717, 1.165) is 30.6 Å². The fourth-order valence-corrected chi connectivity index (χ4v) is 2.14. The van der Waals surface area contributed by atoms with Crippen molar-refractivity contribution in [2.45, 2.75) is 33.6 Å². The average Bonchev–Trinajstić information content (AvgIpc) is 2.42. The van der Waals surface area contributed by atoms with Crippen LogP contribution in [-0.2, 0) is 6.42 Å². The molecule has 0 aliphatic heterocycles. The lowest BCUT2D eigenvalue weighted by Gasteiger charge is -2.09. The van der Waals surface area contributed by atoms with Gasteiger partial charge in [-0.05, 0) is 37.5 Å². The van der Waals surface area contributed by atoms with Crippen LogP contribution in [0.25, 0.3) is 11.3 Å². The SMILES string of the molecule is CCCc1cccc(-c2nc(NCC)ncc2C)c1. The van der Waals surface area contributed by atoms with Gasteiger partial charge in [-0.2, -0.15) is 0 Å². The Morgan fingerprint density at radius 1 is 1.21 bits per heavy atom. The van der Waals surface area contributed by atoms with Gasteiger partial charge in [-0.15, -0.1) is 0 Å². The Morgan fingerprint density at radius 3 is 2.79 bits per heavy atom. The van der Waals surface area contributed by atoms with Gasteiger partial charge < -0.3 is 5.32 Å². The van der Waals surface area contributed by atoms with Crippen LogP contribution in [0.2, 0.25) is 0 Å². The molecule has 0 atom stereocenters. The normalized spacial score (nSPS) is 10.5. The van der Waals surface area contributed by atoms with E-state index in [9.17, 15) is 0 Å². The molecule has 0 spiro atoms. The molecule has 1 aromatic heterocycles. The molecule has 3 nitrogen and oxygen atoms in total. The minimum absolute atomic E-state index is 0.698. The Labute approximate surface area is 115 Å². The maximum absolute atomic E-state index is 4.61. The van der Waals surface area contributed by atoms with Gasteiger partial charge in [0.2, 0.25) is 5.95 Å². The van der Waals surface area contributed by atoms with E-state index in [2.05, 4.69) is 53.4 Å². The van der Waals surface area contributed by atoms with Crippen LogP contribution < -0.4 is 5.32 Å². The largest absolute Gasteiger partial charge is 0.354 e. The lowest BCUT2D eigenvalue weighted by molar-refractivity contribution is 0.922. The third-order valence-electron chi connectivity index (χ3n) is 3.05. The predicted octanol–water partition coefficient (Wildman–Crippen LogP) is 3.84. The Morgan fingerprint density at radius 2 is 2.05 bits per heavy atom. The standard InChI is InChI=1S/C16H21N3/c1-4-7-13-8-6-9-14(10-13)15-12(3)11-18-16(19-15)17-5-2/h6,8-11H,4-5,7H2,1-3H3,(H,17,18,19). The van der Waals surface area contributed by atoms with Gasteiger partial charge in [0.05, 0.1) is 5.69 Å². The van der Waals surface area contributed by atoms with Crippen molar-refractivity contribution < 1.29 is 0 Å². The zero-order valence-electron chi connectivity index (χ0n) is 11.9. The topological polar surface area (TPSA) is 37.8 Å². The Kier molecular flexibility index (Phi) is 4.50. The molecule has 0 fully saturated rings. The molecule has 0 amide bonds. The van der Waals surface area contributed by atoms with E-state index >= 15 is 0 Å². The first kappa shape index (κ1) is 13.5. The van der Waals surface area contributed by atoms with Crippen LogP contribution in [0.3, 0.4) is 0 Å². The molecule has 0 saturated heterocycles. The van der Waals surface area contributed by atoms with Crippen molar-refractivity contribution in [3.63, 3.8) is 0 Å². The predicted molar refractivity (Wildman–Crippen MR) is 80.4 cm³/mol. The number of nitrogens with one attached hydrogen (secondary N) is 1. The Bertz CT molecular complexity index is 549. The zero-order valence-corrected chi connectivity index (χ0v) is 11.9. The molecule has 1 heterocycles. The second kappa shape index (κ2) is 6.32. The summed E-state index contributed by atoms with van der Waals surface area (Å²) in [6, 6.07) is 8.63. The summed E-state index contributed by atoms with van der Waals surface area (Å²) in [5, 5.41) is 3.16. The van der Waals surface area contributed by atoms with E-state index in [1.165, 1.54) is 11.1 Å². The molecular formula is C16H21N3. The number of benzene rings is 1. The maximum Gasteiger partial charge on any atom is 0.223 e. The molecule has 0 saturated carbocycles. The first-order valence-electron chi connectivity index (χ1n) is 6.91. The van der Waals surface area contributed by atoms with E-state index in [1.54, 1.807) is 0 Å². The molecule has 2 rings (SSSR count). The van der Waals surface area contributed by atoms with Crippen LogP contribution in [0.5, 0.6) is 0 Å². The second-order valence-electron chi connectivity index (χ2n) is 4.71. The van der Waals surface area contributed by atoms with Crippen LogP contribution in [0.15, 0.2) is 30.5 Å². The van der Waals surface area contributed by atoms with Gasteiger partial charge in [-0.25, -0.2) is 9.97 Å². The Hall–Kier alpha value is -1.90. The van der Waals surface area contributed by atoms with Crippen LogP contribution in [-0.4, -0.2) is 16.5 Å². The number of anilines is 1. The number of aryl methyl sites for hydroxylation is 2. The summed E-state index contributed by atoms with van der Waals surface area (Å²) < 4.78 is 0. The van der Waals surface area contributed by atoms with Crippen LogP contribution in [0.1, 0.15) is 31.4 Å². The van der Waals surface area contributed by atoms with Gasteiger partial charge in [0, 0.05) is 18.3 Å². The fourth-order valence-electron chi connectivity index (χ4n) is 2.14. The van der Waals surface area contributed by atoms with Gasteiger partial charge in [-0.3, -0.25) is 0 Å². The molecule has 100 valence electrons. The summed E-state index contributed by atoms with van der Waals surface area (Å²) >= 11 is 0. The first-order chi connectivity index (χ1) is 9.24. The smallest absolute Gasteiger partial charge is 0.223 e. The van der Waals surface area contributed by atoms with Gasteiger partial charge in [-0.1, -0.05) is 31.5 Å². The monoisotopic (exact) mass is 255 g/mol. The molecule has 1 aromatic carbocycles. The van der Waals surface area contributed by atoms with Gasteiger partial charge in [0.25, 0.3) is 0 Å². The molecule has 1 N–H and O–H groups in total. The fraction of sp³-hybridized carbons (Fsp3) is 0.375. The van der Waals surface area contributed by atoms with E-state index in [4.69, 9.17) is 0 Å². The minimum Gasteiger partial charge on any atom is -0.354 e. The lowest BCUT2D eigenvalue weighted by atomic mass is 10.0. The van der Waals surface area contributed by atoms with Crippen molar-refractivity contribution in [3.8, 4) is 11.3 Å². The van der Waals surface area contributed by atoms with Gasteiger partial charge >= 0.3 is 0 Å². The van der Waals surface area contributed by atoms with Crippen LogP contribution >= 0.6 is 0 Å². The van der Waals surface area contributed by atoms with E-state index < -0.39 is 0 Å². The lowest BCUT2D eigenvalue weighted by Crippen LogP contribution is -2.03. The number of rotatable bonds is 5. The van der Waals surface area contributed by atoms with Crippen molar-refractivity contribution in [1.29, 1.82) is 0 Å². The number of hydrogen-bond donors (Lipinski definition) is 1. The highest BCUT2D eigenvalue weighted by atomic mass is 15.1. The Balaban J connectivity index is 2.39. The van der Waals surface area contributed by atoms with E-state index in [1.807, 2.05) is 13.1 Å². The quantitative estimate of drug-likeness (QED) is 0.882. The number of aromatic nitrogens is 2. The number of hydrogen-bond acceptors (Lipinski definition) is 3. The molecule has 0 radical (unpaired) electrons. The average molecular weight is 255 g/mol. The molecule has 0 aliphatic rings. The molecular weight excluding hydrogens is 234 g/mol. The highest BCUT2D eigenvalue weighted by Gasteiger charge is 2.06. The summed E-state index contributed by atoms with van der Waals surface area (Å²) in [7, 11) is 0. The summed E-state index contributed by atoms with van der Waals surface area (Å²) in [6.07, 6.45) is 4.15. The number of nitrogens with zero attached hydrogens (tertiary/aromatic N) is 2. The molecule has 3 heteroatoms. The van der Waals surface area contributed by atoms with Crippen molar-refractivity contribution in [2.75, 3.05) is 11.9 Å². The molecule has 19 heavy (non-hydrogen) atoms. The summed E-state index contributed by atoms with van der Waals surface area (Å²) in [5.41, 5.74) is 4.66. The van der Waals surface area contributed by atoms with Crippen molar-refractivity contribution in [3.05, 3.63) is 41.6 Å².